The first-order valence-corrected chi connectivity index (χ1v) is 10.9. The van der Waals surface area contributed by atoms with Crippen LogP contribution in [0.25, 0.3) is 5.57 Å². The first kappa shape index (κ1) is 21.8. The highest BCUT2D eigenvalue weighted by Gasteiger charge is 2.41. The van der Waals surface area contributed by atoms with Crippen LogP contribution in [-0.4, -0.2) is 11.8 Å². The fraction of sp³-hybridized carbons (Fsp3) is 0.185. The van der Waals surface area contributed by atoms with Crippen molar-refractivity contribution < 1.29 is 9.59 Å². The molecule has 0 radical (unpaired) electrons. The number of aryl methyl sites for hydroxylation is 4. The molecule has 0 bridgehead atoms. The fourth-order valence-corrected chi connectivity index (χ4v) is 4.04. The number of nitrogens with zero attached hydrogens (tertiary/aromatic N) is 1. The maximum Gasteiger partial charge on any atom is 0.282 e. The van der Waals surface area contributed by atoms with Gasteiger partial charge < -0.3 is 5.32 Å². The first-order chi connectivity index (χ1) is 15.2. The molecule has 1 heterocycles. The second-order valence-electron chi connectivity index (χ2n) is 8.32. The Morgan fingerprint density at radius 3 is 2.22 bits per heavy atom. The van der Waals surface area contributed by atoms with Crippen LogP contribution < -0.4 is 10.2 Å². The molecule has 0 atom stereocenters. The van der Waals surface area contributed by atoms with Crippen molar-refractivity contribution in [3.8, 4) is 0 Å². The van der Waals surface area contributed by atoms with Gasteiger partial charge in [0.15, 0.2) is 0 Å². The predicted octanol–water partition coefficient (Wildman–Crippen LogP) is 6.28. The number of hydrogen-bond acceptors (Lipinski definition) is 3. The molecule has 5 heteroatoms. The number of anilines is 2. The van der Waals surface area contributed by atoms with Gasteiger partial charge in [0.05, 0.1) is 11.3 Å². The standard InChI is InChI=1S/C27H25ClN2O2/c1-15-9-10-17(3)22(13-15)29-25-24(20-12-11-16(2)18(4)14-20)26(31)30(27(25)32)23-8-6-7-21(28)19(23)5/h6-14,29H,1-5H3. The van der Waals surface area contributed by atoms with Crippen LogP contribution in [-0.2, 0) is 9.59 Å². The summed E-state index contributed by atoms with van der Waals surface area (Å²) >= 11 is 6.31. The van der Waals surface area contributed by atoms with E-state index in [1.807, 2.05) is 71.0 Å². The Kier molecular flexibility index (Phi) is 5.66. The largest absolute Gasteiger partial charge is 0.350 e. The fourth-order valence-electron chi connectivity index (χ4n) is 3.87. The second-order valence-corrected chi connectivity index (χ2v) is 8.73. The van der Waals surface area contributed by atoms with Crippen LogP contribution in [0.1, 0.15) is 33.4 Å². The van der Waals surface area contributed by atoms with Crippen molar-refractivity contribution in [3.05, 3.63) is 98.7 Å². The third-order valence-corrected chi connectivity index (χ3v) is 6.42. The molecular weight excluding hydrogens is 420 g/mol. The molecule has 4 rings (SSSR count). The van der Waals surface area contributed by atoms with Crippen LogP contribution in [0.4, 0.5) is 11.4 Å². The van der Waals surface area contributed by atoms with Crippen molar-refractivity contribution in [1.29, 1.82) is 0 Å². The molecule has 1 N–H and O–H groups in total. The van der Waals surface area contributed by atoms with E-state index in [2.05, 4.69) is 5.32 Å². The van der Waals surface area contributed by atoms with Crippen molar-refractivity contribution in [2.45, 2.75) is 34.6 Å². The summed E-state index contributed by atoms with van der Waals surface area (Å²) in [4.78, 5) is 28.6. The highest BCUT2D eigenvalue weighted by molar-refractivity contribution is 6.46. The molecule has 0 aliphatic carbocycles. The Morgan fingerprint density at radius 1 is 0.781 bits per heavy atom. The number of amides is 2. The van der Waals surface area contributed by atoms with E-state index in [1.54, 1.807) is 18.2 Å². The third kappa shape index (κ3) is 3.71. The Hall–Kier alpha value is -3.37. The number of hydrogen-bond donors (Lipinski definition) is 1. The van der Waals surface area contributed by atoms with Gasteiger partial charge in [-0.2, -0.15) is 0 Å². The summed E-state index contributed by atoms with van der Waals surface area (Å²) in [6.45, 7) is 9.79. The van der Waals surface area contributed by atoms with E-state index in [4.69, 9.17) is 11.6 Å². The molecule has 3 aromatic rings. The number of benzene rings is 3. The van der Waals surface area contributed by atoms with E-state index in [0.717, 1.165) is 27.9 Å². The average Bonchev–Trinajstić information content (AvgIpc) is 2.99. The number of imide groups is 1. The summed E-state index contributed by atoms with van der Waals surface area (Å²) in [7, 11) is 0. The van der Waals surface area contributed by atoms with Crippen LogP contribution in [0, 0.1) is 34.6 Å². The molecule has 0 saturated carbocycles. The molecule has 0 saturated heterocycles. The van der Waals surface area contributed by atoms with Gasteiger partial charge in [0.1, 0.15) is 5.70 Å². The summed E-state index contributed by atoms with van der Waals surface area (Å²) in [5.74, 6) is -0.758. The van der Waals surface area contributed by atoms with Gasteiger partial charge in [-0.15, -0.1) is 0 Å². The van der Waals surface area contributed by atoms with Gasteiger partial charge >= 0.3 is 0 Å². The maximum atomic E-state index is 13.7. The van der Waals surface area contributed by atoms with Crippen LogP contribution in [0.5, 0.6) is 0 Å². The number of rotatable bonds is 4. The van der Waals surface area contributed by atoms with Crippen molar-refractivity contribution in [3.63, 3.8) is 0 Å². The zero-order chi connectivity index (χ0) is 23.2. The van der Waals surface area contributed by atoms with Crippen LogP contribution in [0.15, 0.2) is 60.3 Å². The first-order valence-electron chi connectivity index (χ1n) is 10.5. The molecule has 3 aromatic carbocycles. The van der Waals surface area contributed by atoms with Crippen molar-refractivity contribution in [2.24, 2.45) is 0 Å². The van der Waals surface area contributed by atoms with E-state index < -0.39 is 5.91 Å². The number of carbonyl (C=O) groups excluding carboxylic acids is 2. The molecule has 0 aromatic heterocycles. The minimum atomic E-state index is -0.394. The normalized spacial score (nSPS) is 13.9. The van der Waals surface area contributed by atoms with E-state index in [-0.39, 0.29) is 11.6 Å². The summed E-state index contributed by atoms with van der Waals surface area (Å²) < 4.78 is 0. The number of nitrogens with one attached hydrogen (secondary N) is 1. The molecule has 0 fully saturated rings. The quantitative estimate of drug-likeness (QED) is 0.482. The summed E-state index contributed by atoms with van der Waals surface area (Å²) in [6, 6.07) is 17.0. The maximum absolute atomic E-state index is 13.7. The van der Waals surface area contributed by atoms with E-state index in [0.29, 0.717) is 27.4 Å². The summed E-state index contributed by atoms with van der Waals surface area (Å²) in [5, 5.41) is 3.79. The lowest BCUT2D eigenvalue weighted by molar-refractivity contribution is -0.120. The SMILES string of the molecule is Cc1ccc(C)c(NC2=C(c3ccc(C)c(C)c3)C(=O)N(c3cccc(Cl)c3C)C2=O)c1. The molecule has 32 heavy (non-hydrogen) atoms. The Morgan fingerprint density at radius 2 is 1.50 bits per heavy atom. The van der Waals surface area contributed by atoms with Gasteiger partial charge in [-0.25, -0.2) is 4.90 Å². The minimum absolute atomic E-state index is 0.270. The Balaban J connectivity index is 1.90. The molecule has 2 amide bonds. The Labute approximate surface area is 193 Å². The van der Waals surface area contributed by atoms with Gasteiger partial charge in [-0.3, -0.25) is 9.59 Å². The topological polar surface area (TPSA) is 49.4 Å². The second kappa shape index (κ2) is 8.29. The highest BCUT2D eigenvalue weighted by Crippen LogP contribution is 2.37. The molecule has 0 spiro atoms. The third-order valence-electron chi connectivity index (χ3n) is 6.01. The van der Waals surface area contributed by atoms with Gasteiger partial charge in [-0.05, 0) is 86.2 Å². The van der Waals surface area contributed by atoms with E-state index in [1.165, 1.54) is 4.90 Å². The van der Waals surface area contributed by atoms with Crippen molar-refractivity contribution in [1.82, 2.24) is 0 Å². The molecule has 1 aliphatic rings. The minimum Gasteiger partial charge on any atom is -0.350 e. The van der Waals surface area contributed by atoms with Crippen LogP contribution in [0.2, 0.25) is 5.02 Å². The lowest BCUT2D eigenvalue weighted by Gasteiger charge is -2.18. The lowest BCUT2D eigenvalue weighted by atomic mass is 9.99. The lowest BCUT2D eigenvalue weighted by Crippen LogP contribution is -2.33. The van der Waals surface area contributed by atoms with Crippen molar-refractivity contribution >= 4 is 40.4 Å². The van der Waals surface area contributed by atoms with E-state index in [9.17, 15) is 9.59 Å². The number of carbonyl (C=O) groups is 2. The van der Waals surface area contributed by atoms with Gasteiger partial charge in [0.25, 0.3) is 11.8 Å². The molecular formula is C27H25ClN2O2. The van der Waals surface area contributed by atoms with E-state index >= 15 is 0 Å². The number of halogens is 1. The van der Waals surface area contributed by atoms with Crippen molar-refractivity contribution in [2.75, 3.05) is 10.2 Å². The average molecular weight is 445 g/mol. The molecule has 0 unspecified atom stereocenters. The van der Waals surface area contributed by atoms with Gasteiger partial charge in [0, 0.05) is 10.7 Å². The van der Waals surface area contributed by atoms with Gasteiger partial charge in [0.2, 0.25) is 0 Å². The molecule has 162 valence electrons. The Bertz CT molecular complexity index is 1310. The predicted molar refractivity (Wildman–Crippen MR) is 131 cm³/mol. The summed E-state index contributed by atoms with van der Waals surface area (Å²) in [5.41, 5.74) is 7.54. The monoisotopic (exact) mass is 444 g/mol. The highest BCUT2D eigenvalue weighted by atomic mass is 35.5. The smallest absolute Gasteiger partial charge is 0.282 e. The molecule has 1 aliphatic heterocycles. The zero-order valence-electron chi connectivity index (χ0n) is 18.8. The van der Waals surface area contributed by atoms with Crippen LogP contribution >= 0.6 is 11.6 Å². The van der Waals surface area contributed by atoms with Crippen LogP contribution in [0.3, 0.4) is 0 Å². The molecule has 4 nitrogen and oxygen atoms in total. The zero-order valence-corrected chi connectivity index (χ0v) is 19.6. The van der Waals surface area contributed by atoms with Gasteiger partial charge in [-0.1, -0.05) is 48.0 Å². The summed E-state index contributed by atoms with van der Waals surface area (Å²) in [6.07, 6.45) is 0.